The maximum atomic E-state index is 12.1. The highest BCUT2D eigenvalue weighted by Crippen LogP contribution is 2.18. The van der Waals surface area contributed by atoms with Crippen molar-refractivity contribution < 1.29 is 4.79 Å². The van der Waals surface area contributed by atoms with E-state index in [0.717, 1.165) is 10.1 Å². The first-order valence-corrected chi connectivity index (χ1v) is 6.38. The normalized spacial score (nSPS) is 10.6. The van der Waals surface area contributed by atoms with Crippen molar-refractivity contribution in [1.82, 2.24) is 14.6 Å². The summed E-state index contributed by atoms with van der Waals surface area (Å²) in [5, 5.41) is 10.5. The second-order valence-corrected chi connectivity index (χ2v) is 4.80. The van der Waals surface area contributed by atoms with Crippen LogP contribution in [-0.2, 0) is 0 Å². The number of benzene rings is 1. The summed E-state index contributed by atoms with van der Waals surface area (Å²) in [6.45, 7) is 0. The van der Waals surface area contributed by atoms with E-state index in [9.17, 15) is 4.79 Å². The Morgan fingerprint density at radius 2 is 2.05 bits per heavy atom. The van der Waals surface area contributed by atoms with Gasteiger partial charge in [0.25, 0.3) is 5.91 Å². The summed E-state index contributed by atoms with van der Waals surface area (Å²) in [7, 11) is 0. The Kier molecular flexibility index (Phi) is 3.00. The van der Waals surface area contributed by atoms with Crippen LogP contribution in [0, 0.1) is 0 Å². The van der Waals surface area contributed by atoms with Gasteiger partial charge in [-0.1, -0.05) is 12.1 Å². The molecule has 0 radical (unpaired) electrons. The third-order valence-electron chi connectivity index (χ3n) is 2.67. The summed E-state index contributed by atoms with van der Waals surface area (Å²) >= 11 is 3.36. The lowest BCUT2D eigenvalue weighted by Crippen LogP contribution is -2.12. The molecule has 1 aromatic carbocycles. The van der Waals surface area contributed by atoms with Gasteiger partial charge in [-0.05, 0) is 40.2 Å². The van der Waals surface area contributed by atoms with Gasteiger partial charge in [0.05, 0.1) is 11.3 Å². The van der Waals surface area contributed by atoms with E-state index in [2.05, 4.69) is 31.4 Å². The van der Waals surface area contributed by atoms with Crippen LogP contribution in [0.3, 0.4) is 0 Å². The fraction of sp³-hybridized carbons (Fsp3) is 0. The van der Waals surface area contributed by atoms with Crippen molar-refractivity contribution in [2.24, 2.45) is 0 Å². The lowest BCUT2D eigenvalue weighted by molar-refractivity contribution is 0.102. The Morgan fingerprint density at radius 1 is 1.21 bits per heavy atom. The van der Waals surface area contributed by atoms with Crippen molar-refractivity contribution in [3.8, 4) is 0 Å². The van der Waals surface area contributed by atoms with E-state index in [4.69, 9.17) is 0 Å². The highest BCUT2D eigenvalue weighted by Gasteiger charge is 2.09. The van der Waals surface area contributed by atoms with Gasteiger partial charge in [-0.2, -0.15) is 0 Å². The number of aromatic nitrogens is 3. The summed E-state index contributed by atoms with van der Waals surface area (Å²) < 4.78 is 2.51. The predicted octanol–water partition coefficient (Wildman–Crippen LogP) is 2.74. The monoisotopic (exact) mass is 316 g/mol. The van der Waals surface area contributed by atoms with Gasteiger partial charge in [-0.15, -0.1) is 10.2 Å². The van der Waals surface area contributed by atoms with Crippen molar-refractivity contribution in [1.29, 1.82) is 0 Å². The number of rotatable bonds is 2. The standard InChI is InChI=1S/C13H9BrN4O/c14-11-4-2-1-3-10(11)13(19)16-9-5-6-12-17-15-8-18(12)7-9/h1-8H,(H,16,19). The van der Waals surface area contributed by atoms with Gasteiger partial charge in [0.15, 0.2) is 5.65 Å². The molecule has 0 bridgehead atoms. The van der Waals surface area contributed by atoms with Crippen LogP contribution in [0.15, 0.2) is 53.4 Å². The first-order chi connectivity index (χ1) is 9.24. The number of halogens is 1. The molecule has 0 aliphatic carbocycles. The molecule has 0 fully saturated rings. The molecule has 3 aromatic rings. The zero-order valence-electron chi connectivity index (χ0n) is 9.75. The molecular weight excluding hydrogens is 308 g/mol. The third-order valence-corrected chi connectivity index (χ3v) is 3.36. The fourth-order valence-electron chi connectivity index (χ4n) is 1.75. The predicted molar refractivity (Wildman–Crippen MR) is 75.1 cm³/mol. The van der Waals surface area contributed by atoms with Gasteiger partial charge in [-0.3, -0.25) is 9.20 Å². The van der Waals surface area contributed by atoms with E-state index in [1.165, 1.54) is 0 Å². The van der Waals surface area contributed by atoms with Crippen LogP contribution in [0.2, 0.25) is 0 Å². The average molecular weight is 317 g/mol. The minimum Gasteiger partial charge on any atom is -0.321 e. The van der Waals surface area contributed by atoms with Gasteiger partial charge < -0.3 is 5.32 Å². The number of carbonyl (C=O) groups is 1. The van der Waals surface area contributed by atoms with Gasteiger partial charge in [0.2, 0.25) is 0 Å². The average Bonchev–Trinajstić information content (AvgIpc) is 2.86. The van der Waals surface area contributed by atoms with Crippen LogP contribution < -0.4 is 5.32 Å². The summed E-state index contributed by atoms with van der Waals surface area (Å²) in [6, 6.07) is 10.9. The Hall–Kier alpha value is -2.21. The highest BCUT2D eigenvalue weighted by molar-refractivity contribution is 9.10. The van der Waals surface area contributed by atoms with Gasteiger partial charge in [0, 0.05) is 10.7 Å². The Labute approximate surface area is 117 Å². The summed E-state index contributed by atoms with van der Waals surface area (Å²) in [5.41, 5.74) is 2.01. The number of hydrogen-bond acceptors (Lipinski definition) is 3. The number of nitrogens with zero attached hydrogens (tertiary/aromatic N) is 3. The van der Waals surface area contributed by atoms with Gasteiger partial charge >= 0.3 is 0 Å². The zero-order chi connectivity index (χ0) is 13.2. The second kappa shape index (κ2) is 4.81. The lowest BCUT2D eigenvalue weighted by Gasteiger charge is -2.06. The number of pyridine rings is 1. The molecule has 0 saturated heterocycles. The topological polar surface area (TPSA) is 59.3 Å². The summed E-state index contributed by atoms with van der Waals surface area (Å²) in [4.78, 5) is 12.1. The van der Waals surface area contributed by atoms with Crippen molar-refractivity contribution in [3.05, 3.63) is 59.0 Å². The van der Waals surface area contributed by atoms with Gasteiger partial charge in [0.1, 0.15) is 6.33 Å². The molecule has 5 nitrogen and oxygen atoms in total. The molecule has 2 heterocycles. The summed E-state index contributed by atoms with van der Waals surface area (Å²) in [5.74, 6) is -0.167. The molecular formula is C13H9BrN4O. The molecule has 1 N–H and O–H groups in total. The molecule has 1 amide bonds. The maximum absolute atomic E-state index is 12.1. The number of fused-ring (bicyclic) bond motifs is 1. The first kappa shape index (κ1) is 11.9. The first-order valence-electron chi connectivity index (χ1n) is 5.59. The van der Waals surface area contributed by atoms with Crippen LogP contribution in [0.1, 0.15) is 10.4 Å². The van der Waals surface area contributed by atoms with Crippen LogP contribution in [0.4, 0.5) is 5.69 Å². The van der Waals surface area contributed by atoms with E-state index in [1.54, 1.807) is 35.1 Å². The minimum atomic E-state index is -0.167. The smallest absolute Gasteiger partial charge is 0.256 e. The van der Waals surface area contributed by atoms with E-state index in [0.29, 0.717) is 11.3 Å². The van der Waals surface area contributed by atoms with Crippen molar-refractivity contribution >= 4 is 33.2 Å². The molecule has 0 aliphatic heterocycles. The summed E-state index contributed by atoms with van der Waals surface area (Å²) in [6.07, 6.45) is 3.35. The SMILES string of the molecule is O=C(Nc1ccc2nncn2c1)c1ccccc1Br. The molecule has 6 heteroatoms. The largest absolute Gasteiger partial charge is 0.321 e. The maximum Gasteiger partial charge on any atom is 0.256 e. The van der Waals surface area contributed by atoms with Crippen molar-refractivity contribution in [2.75, 3.05) is 5.32 Å². The van der Waals surface area contributed by atoms with Gasteiger partial charge in [-0.25, -0.2) is 0 Å². The number of nitrogens with one attached hydrogen (secondary N) is 1. The van der Waals surface area contributed by atoms with Crippen LogP contribution in [0.5, 0.6) is 0 Å². The molecule has 0 saturated carbocycles. The van der Waals surface area contributed by atoms with Crippen LogP contribution >= 0.6 is 15.9 Å². The molecule has 94 valence electrons. The lowest BCUT2D eigenvalue weighted by atomic mass is 10.2. The van der Waals surface area contributed by atoms with E-state index in [-0.39, 0.29) is 5.91 Å². The van der Waals surface area contributed by atoms with E-state index in [1.807, 2.05) is 18.2 Å². The molecule has 0 atom stereocenters. The molecule has 0 aliphatic rings. The number of hydrogen-bond donors (Lipinski definition) is 1. The molecule has 0 spiro atoms. The Balaban J connectivity index is 1.88. The van der Waals surface area contributed by atoms with Crippen molar-refractivity contribution in [3.63, 3.8) is 0 Å². The molecule has 3 rings (SSSR count). The minimum absolute atomic E-state index is 0.167. The molecule has 2 aromatic heterocycles. The molecule has 0 unspecified atom stereocenters. The van der Waals surface area contributed by atoms with Crippen LogP contribution in [0.25, 0.3) is 5.65 Å². The van der Waals surface area contributed by atoms with Crippen molar-refractivity contribution in [2.45, 2.75) is 0 Å². The number of anilines is 1. The highest BCUT2D eigenvalue weighted by atomic mass is 79.9. The number of amides is 1. The van der Waals surface area contributed by atoms with E-state index < -0.39 is 0 Å². The third kappa shape index (κ3) is 2.34. The fourth-order valence-corrected chi connectivity index (χ4v) is 2.21. The quantitative estimate of drug-likeness (QED) is 0.790. The molecule has 19 heavy (non-hydrogen) atoms. The Bertz CT molecular complexity index is 753. The van der Waals surface area contributed by atoms with Crippen LogP contribution in [-0.4, -0.2) is 20.5 Å². The Morgan fingerprint density at radius 3 is 2.89 bits per heavy atom. The number of carbonyl (C=O) groups excluding carboxylic acids is 1. The zero-order valence-corrected chi connectivity index (χ0v) is 11.3. The second-order valence-electron chi connectivity index (χ2n) is 3.95. The van der Waals surface area contributed by atoms with E-state index >= 15 is 0 Å².